The van der Waals surface area contributed by atoms with Gasteiger partial charge in [-0.1, -0.05) is 146 Å². The molecule has 0 fully saturated rings. The lowest BCUT2D eigenvalue weighted by Crippen LogP contribution is -2.00. The van der Waals surface area contributed by atoms with Crippen LogP contribution in [0, 0.1) is 0 Å². The molecule has 63 heavy (non-hydrogen) atoms. The first-order valence-electron chi connectivity index (χ1n) is 21.1. The molecule has 0 atom stereocenters. The van der Waals surface area contributed by atoms with Crippen LogP contribution in [-0.4, -0.2) is 19.5 Å². The number of hydrogen-bond acceptors (Lipinski definition) is 5. The fourth-order valence-electron chi connectivity index (χ4n) is 9.36. The number of aromatic nitrogens is 4. The van der Waals surface area contributed by atoms with Gasteiger partial charge in [0.1, 0.15) is 22.3 Å². The van der Waals surface area contributed by atoms with Crippen LogP contribution in [-0.2, 0) is 0 Å². The van der Waals surface area contributed by atoms with E-state index in [9.17, 15) is 0 Å². The zero-order valence-electron chi connectivity index (χ0n) is 33.7. The molecule has 0 spiro atoms. The maximum absolute atomic E-state index is 6.73. The Balaban J connectivity index is 0.950. The van der Waals surface area contributed by atoms with Gasteiger partial charge in [-0.15, -0.1) is 0 Å². The highest BCUT2D eigenvalue weighted by Crippen LogP contribution is 2.42. The summed E-state index contributed by atoms with van der Waals surface area (Å²) in [5.74, 6) is 1.68. The lowest BCUT2D eigenvalue weighted by atomic mass is 9.97. The topological polar surface area (TPSA) is 69.9 Å². The van der Waals surface area contributed by atoms with Gasteiger partial charge in [0, 0.05) is 54.6 Å². The molecule has 0 amide bonds. The highest BCUT2D eigenvalue weighted by atomic mass is 16.3. The van der Waals surface area contributed by atoms with Gasteiger partial charge in [0.2, 0.25) is 0 Å². The monoisotopic (exact) mass is 806 g/mol. The van der Waals surface area contributed by atoms with Crippen molar-refractivity contribution in [2.75, 3.05) is 0 Å². The largest absolute Gasteiger partial charge is 0.456 e. The molecule has 0 N–H and O–H groups in total. The summed E-state index contributed by atoms with van der Waals surface area (Å²) in [5, 5.41) is 6.67. The van der Waals surface area contributed by atoms with Gasteiger partial charge in [0.25, 0.3) is 0 Å². The number of fused-ring (bicyclic) bond motifs is 9. The molecule has 6 nitrogen and oxygen atoms in total. The molecule has 13 rings (SSSR count). The van der Waals surface area contributed by atoms with Gasteiger partial charge >= 0.3 is 0 Å². The minimum Gasteiger partial charge on any atom is -0.456 e. The number of benzene rings is 9. The minimum atomic E-state index is 0.549. The van der Waals surface area contributed by atoms with Crippen LogP contribution in [0.4, 0.5) is 0 Å². The number of nitrogens with zero attached hydrogens (tertiary/aromatic N) is 4. The lowest BCUT2D eigenvalue weighted by molar-refractivity contribution is 0.669. The zero-order valence-corrected chi connectivity index (χ0v) is 33.7. The van der Waals surface area contributed by atoms with E-state index >= 15 is 0 Å². The van der Waals surface area contributed by atoms with E-state index in [1.54, 1.807) is 0 Å². The smallest absolute Gasteiger partial charge is 0.164 e. The fourth-order valence-corrected chi connectivity index (χ4v) is 9.36. The van der Waals surface area contributed by atoms with Gasteiger partial charge in [-0.05, 0) is 77.4 Å². The Kier molecular flexibility index (Phi) is 7.80. The van der Waals surface area contributed by atoms with E-state index in [4.69, 9.17) is 23.8 Å². The van der Waals surface area contributed by atoms with Crippen molar-refractivity contribution in [3.63, 3.8) is 0 Å². The molecule has 13 aromatic rings. The Morgan fingerprint density at radius 2 is 0.810 bits per heavy atom. The Morgan fingerprint density at radius 3 is 1.52 bits per heavy atom. The second kappa shape index (κ2) is 14.0. The number of rotatable bonds is 6. The molecule has 6 heteroatoms. The number of furan rings is 2. The van der Waals surface area contributed by atoms with E-state index < -0.39 is 0 Å². The first-order valence-corrected chi connectivity index (χ1v) is 21.1. The van der Waals surface area contributed by atoms with Gasteiger partial charge < -0.3 is 13.4 Å². The van der Waals surface area contributed by atoms with Crippen molar-refractivity contribution in [2.45, 2.75) is 0 Å². The van der Waals surface area contributed by atoms with Gasteiger partial charge in [0.15, 0.2) is 17.5 Å². The van der Waals surface area contributed by atoms with Crippen LogP contribution in [0.25, 0.3) is 128 Å². The predicted molar refractivity (Wildman–Crippen MR) is 256 cm³/mol. The Bertz CT molecular complexity index is 3870. The molecular weight excluding hydrogens is 773 g/mol. The Labute approximate surface area is 361 Å². The standard InChI is InChI=1S/C57H34N4O2/c1-3-15-35(16-4-1)46-31-39(34-53-54(46)45-22-10-14-26-50(45)62-53)57-59-55(36-17-5-2-6-18-36)58-56(60-57)38-28-30-44-43-29-27-37(32-51(43)63-52(44)33-38)40-19-7-11-23-47(40)61-48-24-12-8-20-41(48)42-21-9-13-25-49(42)61/h1-34H. The van der Waals surface area contributed by atoms with Crippen LogP contribution in [0.15, 0.2) is 215 Å². The minimum absolute atomic E-state index is 0.549. The second-order valence-electron chi connectivity index (χ2n) is 15.9. The van der Waals surface area contributed by atoms with Gasteiger partial charge in [-0.25, -0.2) is 15.0 Å². The molecule has 0 saturated heterocycles. The molecule has 4 heterocycles. The summed E-state index contributed by atoms with van der Waals surface area (Å²) >= 11 is 0. The Hall–Kier alpha value is -8.61. The van der Waals surface area contributed by atoms with Gasteiger partial charge in [-0.3, -0.25) is 0 Å². The molecular formula is C57H34N4O2. The van der Waals surface area contributed by atoms with Crippen molar-refractivity contribution < 1.29 is 8.83 Å². The molecule has 9 aromatic carbocycles. The van der Waals surface area contributed by atoms with Crippen LogP contribution >= 0.6 is 0 Å². The predicted octanol–water partition coefficient (Wildman–Crippen LogP) is 15.1. The van der Waals surface area contributed by atoms with E-state index in [1.807, 2.05) is 54.6 Å². The normalized spacial score (nSPS) is 11.8. The van der Waals surface area contributed by atoms with Crippen LogP contribution in [0.5, 0.6) is 0 Å². The summed E-state index contributed by atoms with van der Waals surface area (Å²) in [6, 6.07) is 71.5. The lowest BCUT2D eigenvalue weighted by Gasteiger charge is -2.14. The first-order chi connectivity index (χ1) is 31.2. The van der Waals surface area contributed by atoms with Crippen LogP contribution in [0.3, 0.4) is 0 Å². The molecule has 0 unspecified atom stereocenters. The van der Waals surface area contributed by atoms with Gasteiger partial charge in [-0.2, -0.15) is 0 Å². The second-order valence-corrected chi connectivity index (χ2v) is 15.9. The van der Waals surface area contributed by atoms with E-state index in [1.165, 1.54) is 21.8 Å². The van der Waals surface area contributed by atoms with Crippen molar-refractivity contribution >= 4 is 65.7 Å². The molecule has 0 aliphatic heterocycles. The van der Waals surface area contributed by atoms with Crippen molar-refractivity contribution in [2.24, 2.45) is 0 Å². The summed E-state index contributed by atoms with van der Waals surface area (Å²) in [7, 11) is 0. The highest BCUT2D eigenvalue weighted by Gasteiger charge is 2.20. The number of para-hydroxylation sites is 4. The molecule has 0 saturated carbocycles. The molecule has 0 bridgehead atoms. The van der Waals surface area contributed by atoms with Crippen LogP contribution in [0.1, 0.15) is 0 Å². The molecule has 294 valence electrons. The van der Waals surface area contributed by atoms with Gasteiger partial charge in [0.05, 0.1) is 16.7 Å². The van der Waals surface area contributed by atoms with Crippen molar-refractivity contribution in [1.29, 1.82) is 0 Å². The molecule has 0 aliphatic rings. The first kappa shape index (κ1) is 35.2. The van der Waals surface area contributed by atoms with E-state index in [0.717, 1.165) is 88.5 Å². The average Bonchev–Trinajstić information content (AvgIpc) is 4.03. The summed E-state index contributed by atoms with van der Waals surface area (Å²) in [4.78, 5) is 15.4. The summed E-state index contributed by atoms with van der Waals surface area (Å²) < 4.78 is 15.6. The maximum atomic E-state index is 6.73. The van der Waals surface area contributed by atoms with E-state index in [2.05, 4.69) is 156 Å². The van der Waals surface area contributed by atoms with E-state index in [-0.39, 0.29) is 0 Å². The van der Waals surface area contributed by atoms with Crippen LogP contribution < -0.4 is 0 Å². The molecule has 4 aromatic heterocycles. The third-order valence-electron chi connectivity index (χ3n) is 12.3. The third-order valence-corrected chi connectivity index (χ3v) is 12.3. The highest BCUT2D eigenvalue weighted by molar-refractivity contribution is 6.14. The van der Waals surface area contributed by atoms with Crippen molar-refractivity contribution in [3.05, 3.63) is 206 Å². The fraction of sp³-hybridized carbons (Fsp3) is 0. The van der Waals surface area contributed by atoms with Crippen molar-refractivity contribution in [3.8, 4) is 62.1 Å². The summed E-state index contributed by atoms with van der Waals surface area (Å²) in [6.45, 7) is 0. The maximum Gasteiger partial charge on any atom is 0.164 e. The summed E-state index contributed by atoms with van der Waals surface area (Å²) in [6.07, 6.45) is 0. The van der Waals surface area contributed by atoms with Crippen molar-refractivity contribution in [1.82, 2.24) is 19.5 Å². The average molecular weight is 807 g/mol. The molecule has 0 radical (unpaired) electrons. The molecule has 0 aliphatic carbocycles. The summed E-state index contributed by atoms with van der Waals surface area (Å²) in [5.41, 5.74) is 13.5. The third kappa shape index (κ3) is 5.69. The van der Waals surface area contributed by atoms with E-state index in [0.29, 0.717) is 17.5 Å². The zero-order chi connectivity index (χ0) is 41.4. The Morgan fingerprint density at radius 1 is 0.302 bits per heavy atom. The van der Waals surface area contributed by atoms with Crippen LogP contribution in [0.2, 0.25) is 0 Å². The SMILES string of the molecule is c1ccc(-c2nc(-c3ccc4c(c3)oc3cc(-c5ccccc5-n5c6ccccc6c6ccccc65)ccc34)nc(-c3cc(-c4ccccc4)c4c(c3)oc3ccccc34)n2)cc1. The number of hydrogen-bond donors (Lipinski definition) is 0. The quantitative estimate of drug-likeness (QED) is 0.167.